The minimum Gasteiger partial charge on any atom is -0.478 e. The lowest BCUT2D eigenvalue weighted by Gasteiger charge is -2.06. The zero-order valence-corrected chi connectivity index (χ0v) is 11.1. The molecule has 98 valence electrons. The van der Waals surface area contributed by atoms with Crippen LogP contribution in [0.5, 0.6) is 0 Å². The van der Waals surface area contributed by atoms with Crippen LogP contribution < -0.4 is 0 Å². The predicted molar refractivity (Wildman–Crippen MR) is 71.9 cm³/mol. The van der Waals surface area contributed by atoms with Crippen LogP contribution in [0.25, 0.3) is 0 Å². The largest absolute Gasteiger partial charge is 0.478 e. The molecule has 0 spiro atoms. The quantitative estimate of drug-likeness (QED) is 0.869. The van der Waals surface area contributed by atoms with Gasteiger partial charge >= 0.3 is 5.97 Å². The van der Waals surface area contributed by atoms with E-state index in [9.17, 15) is 9.18 Å². The maximum Gasteiger partial charge on any atom is 0.338 e. The van der Waals surface area contributed by atoms with Gasteiger partial charge in [0.2, 0.25) is 0 Å². The number of pyridine rings is 1. The summed E-state index contributed by atoms with van der Waals surface area (Å²) in [6.45, 7) is 1.98. The number of carboxylic acid groups (broad SMARTS) is 1. The SMILES string of the molecule is Cc1ccccc1CSc1nccc(C(=O)O)c1F. The summed E-state index contributed by atoms with van der Waals surface area (Å²) < 4.78 is 13.9. The molecule has 0 aliphatic carbocycles. The van der Waals surface area contributed by atoms with Gasteiger partial charge in [0, 0.05) is 11.9 Å². The number of rotatable bonds is 4. The van der Waals surface area contributed by atoms with Crippen LogP contribution in [-0.2, 0) is 5.75 Å². The molecule has 0 fully saturated rings. The molecule has 0 aliphatic rings. The lowest BCUT2D eigenvalue weighted by atomic mass is 10.1. The first kappa shape index (κ1) is 13.5. The summed E-state index contributed by atoms with van der Waals surface area (Å²) in [5.41, 5.74) is 1.85. The number of carboxylic acids is 1. The summed E-state index contributed by atoms with van der Waals surface area (Å²) in [6, 6.07) is 8.96. The number of aromatic carboxylic acids is 1. The van der Waals surface area contributed by atoms with E-state index in [0.717, 1.165) is 17.2 Å². The molecule has 19 heavy (non-hydrogen) atoms. The van der Waals surface area contributed by atoms with Gasteiger partial charge in [-0.05, 0) is 24.1 Å². The number of hydrogen-bond acceptors (Lipinski definition) is 3. The van der Waals surface area contributed by atoms with Gasteiger partial charge in [0.1, 0.15) is 5.03 Å². The smallest absolute Gasteiger partial charge is 0.338 e. The number of hydrogen-bond donors (Lipinski definition) is 1. The highest BCUT2D eigenvalue weighted by Gasteiger charge is 2.15. The van der Waals surface area contributed by atoms with E-state index in [1.165, 1.54) is 18.0 Å². The fourth-order valence-corrected chi connectivity index (χ4v) is 2.60. The monoisotopic (exact) mass is 277 g/mol. The van der Waals surface area contributed by atoms with Gasteiger partial charge in [-0.3, -0.25) is 0 Å². The Morgan fingerprint density at radius 2 is 2.11 bits per heavy atom. The third kappa shape index (κ3) is 3.12. The lowest BCUT2D eigenvalue weighted by Crippen LogP contribution is -2.03. The second-order valence-corrected chi connectivity index (χ2v) is 4.96. The van der Waals surface area contributed by atoms with E-state index in [2.05, 4.69) is 4.98 Å². The Hall–Kier alpha value is -1.88. The molecule has 1 aromatic heterocycles. The fraction of sp³-hybridized carbons (Fsp3) is 0.143. The molecule has 1 N–H and O–H groups in total. The summed E-state index contributed by atoms with van der Waals surface area (Å²) in [4.78, 5) is 14.7. The molecule has 5 heteroatoms. The van der Waals surface area contributed by atoms with Crippen molar-refractivity contribution in [2.75, 3.05) is 0 Å². The normalized spacial score (nSPS) is 10.4. The van der Waals surface area contributed by atoms with Crippen LogP contribution in [0.3, 0.4) is 0 Å². The first-order valence-electron chi connectivity index (χ1n) is 5.64. The molecule has 0 saturated heterocycles. The second-order valence-electron chi connectivity index (χ2n) is 4.00. The molecule has 3 nitrogen and oxygen atoms in total. The molecular formula is C14H12FNO2S. The molecule has 0 radical (unpaired) electrons. The van der Waals surface area contributed by atoms with E-state index in [4.69, 9.17) is 5.11 Å². The molecule has 2 aromatic rings. The maximum atomic E-state index is 13.9. The van der Waals surface area contributed by atoms with E-state index in [1.807, 2.05) is 31.2 Å². The van der Waals surface area contributed by atoms with Gasteiger partial charge in [-0.25, -0.2) is 14.2 Å². The Labute approximate surface area is 114 Å². The van der Waals surface area contributed by atoms with Crippen LogP contribution in [0, 0.1) is 12.7 Å². The second kappa shape index (κ2) is 5.84. The zero-order chi connectivity index (χ0) is 13.8. The van der Waals surface area contributed by atoms with E-state index in [1.54, 1.807) is 0 Å². The van der Waals surface area contributed by atoms with Gasteiger partial charge in [0.05, 0.1) is 5.56 Å². The number of halogens is 1. The minimum atomic E-state index is -1.28. The van der Waals surface area contributed by atoms with Gasteiger partial charge in [0.15, 0.2) is 5.82 Å². The molecule has 1 heterocycles. The van der Waals surface area contributed by atoms with Crippen molar-refractivity contribution in [2.45, 2.75) is 17.7 Å². The summed E-state index contributed by atoms with van der Waals surface area (Å²) >= 11 is 1.20. The Bertz CT molecular complexity index is 616. The van der Waals surface area contributed by atoms with Crippen LogP contribution in [0.4, 0.5) is 4.39 Å². The molecule has 0 amide bonds. The number of nitrogens with zero attached hydrogens (tertiary/aromatic N) is 1. The highest BCUT2D eigenvalue weighted by molar-refractivity contribution is 7.98. The van der Waals surface area contributed by atoms with E-state index in [0.29, 0.717) is 5.75 Å². The van der Waals surface area contributed by atoms with E-state index < -0.39 is 11.8 Å². The number of aryl methyl sites for hydroxylation is 1. The standard InChI is InChI=1S/C14H12FNO2S/c1-9-4-2-3-5-10(9)8-19-13-12(15)11(14(17)18)6-7-16-13/h2-7H,8H2,1H3,(H,17,18). The van der Waals surface area contributed by atoms with Gasteiger partial charge < -0.3 is 5.11 Å². The van der Waals surface area contributed by atoms with Crippen LogP contribution >= 0.6 is 11.8 Å². The summed E-state index contributed by atoms with van der Waals surface area (Å²) in [5, 5.41) is 8.96. The van der Waals surface area contributed by atoms with Crippen molar-refractivity contribution in [1.29, 1.82) is 0 Å². The predicted octanol–water partition coefficient (Wildman–Crippen LogP) is 3.52. The van der Waals surface area contributed by atoms with Crippen molar-refractivity contribution < 1.29 is 14.3 Å². The van der Waals surface area contributed by atoms with Crippen molar-refractivity contribution >= 4 is 17.7 Å². The molecule has 2 rings (SSSR count). The fourth-order valence-electron chi connectivity index (χ4n) is 1.61. The lowest BCUT2D eigenvalue weighted by molar-refractivity contribution is 0.0691. The van der Waals surface area contributed by atoms with Crippen molar-refractivity contribution in [3.05, 3.63) is 59.0 Å². The maximum absolute atomic E-state index is 13.9. The number of benzene rings is 1. The van der Waals surface area contributed by atoms with Gasteiger partial charge in [0.25, 0.3) is 0 Å². The summed E-state index contributed by atoms with van der Waals surface area (Å²) in [7, 11) is 0. The number of thioether (sulfide) groups is 1. The van der Waals surface area contributed by atoms with Crippen molar-refractivity contribution in [3.63, 3.8) is 0 Å². The molecule has 1 aromatic carbocycles. The number of carbonyl (C=O) groups is 1. The Kier molecular flexibility index (Phi) is 4.16. The molecule has 0 aliphatic heterocycles. The Morgan fingerprint density at radius 3 is 2.79 bits per heavy atom. The minimum absolute atomic E-state index is 0.114. The average molecular weight is 277 g/mol. The zero-order valence-electron chi connectivity index (χ0n) is 10.3. The van der Waals surface area contributed by atoms with Gasteiger partial charge in [-0.1, -0.05) is 36.0 Å². The molecular weight excluding hydrogens is 265 g/mol. The summed E-state index contributed by atoms with van der Waals surface area (Å²) in [5.74, 6) is -1.49. The van der Waals surface area contributed by atoms with Gasteiger partial charge in [-0.2, -0.15) is 0 Å². The first-order chi connectivity index (χ1) is 9.09. The topological polar surface area (TPSA) is 50.2 Å². The van der Waals surface area contributed by atoms with E-state index >= 15 is 0 Å². The van der Waals surface area contributed by atoms with Gasteiger partial charge in [-0.15, -0.1) is 0 Å². The first-order valence-corrected chi connectivity index (χ1v) is 6.63. The third-order valence-electron chi connectivity index (χ3n) is 2.71. The van der Waals surface area contributed by atoms with Crippen molar-refractivity contribution in [2.24, 2.45) is 0 Å². The highest BCUT2D eigenvalue weighted by atomic mass is 32.2. The molecule has 0 unspecified atom stereocenters. The van der Waals surface area contributed by atoms with Crippen LogP contribution in [-0.4, -0.2) is 16.1 Å². The van der Waals surface area contributed by atoms with Crippen LogP contribution in [0.15, 0.2) is 41.6 Å². The average Bonchev–Trinajstić information content (AvgIpc) is 2.39. The molecule has 0 bridgehead atoms. The third-order valence-corrected chi connectivity index (χ3v) is 3.73. The summed E-state index contributed by atoms with van der Waals surface area (Å²) in [6.07, 6.45) is 1.31. The molecule has 0 saturated carbocycles. The van der Waals surface area contributed by atoms with Crippen LogP contribution in [0.2, 0.25) is 0 Å². The Morgan fingerprint density at radius 1 is 1.37 bits per heavy atom. The van der Waals surface area contributed by atoms with Crippen molar-refractivity contribution in [3.8, 4) is 0 Å². The number of aromatic nitrogens is 1. The van der Waals surface area contributed by atoms with Crippen LogP contribution in [0.1, 0.15) is 21.5 Å². The Balaban J connectivity index is 2.19. The van der Waals surface area contributed by atoms with Crippen molar-refractivity contribution in [1.82, 2.24) is 4.98 Å². The van der Waals surface area contributed by atoms with E-state index in [-0.39, 0.29) is 10.6 Å². The highest BCUT2D eigenvalue weighted by Crippen LogP contribution is 2.26. The molecule has 0 atom stereocenters.